The molecule has 102 valence electrons. The van der Waals surface area contributed by atoms with Crippen LogP contribution in [0.5, 0.6) is 0 Å². The molecule has 1 saturated heterocycles. The number of primary amides is 1. The van der Waals surface area contributed by atoms with Gasteiger partial charge in [0.05, 0.1) is 25.2 Å². The van der Waals surface area contributed by atoms with Crippen LogP contribution >= 0.6 is 11.6 Å². The Balaban J connectivity index is 1.95. The Kier molecular flexibility index (Phi) is 3.92. The first-order valence-corrected chi connectivity index (χ1v) is 6.08. The molecular weight excluding hydrogens is 270 g/mol. The van der Waals surface area contributed by atoms with E-state index in [0.29, 0.717) is 10.7 Å². The fraction of sp³-hybridized carbons (Fsp3) is 0.333. The zero-order valence-corrected chi connectivity index (χ0v) is 10.9. The van der Waals surface area contributed by atoms with E-state index in [9.17, 15) is 9.59 Å². The monoisotopic (exact) mass is 283 g/mol. The fourth-order valence-electron chi connectivity index (χ4n) is 1.87. The number of carbonyl (C=O) groups excluding carboxylic acids is 2. The van der Waals surface area contributed by atoms with Crippen LogP contribution in [-0.2, 0) is 9.53 Å². The Morgan fingerprint density at radius 3 is 2.68 bits per heavy atom. The number of amides is 3. The number of rotatable bonds is 4. The van der Waals surface area contributed by atoms with Crippen LogP contribution in [-0.4, -0.2) is 30.7 Å². The van der Waals surface area contributed by atoms with E-state index in [0.717, 1.165) is 0 Å². The minimum absolute atomic E-state index is 0.0516. The average molecular weight is 284 g/mol. The predicted molar refractivity (Wildman–Crippen MR) is 71.0 cm³/mol. The minimum Gasteiger partial charge on any atom is -0.376 e. The third-order valence-electron chi connectivity index (χ3n) is 2.73. The van der Waals surface area contributed by atoms with E-state index in [-0.39, 0.29) is 19.6 Å². The zero-order valence-electron chi connectivity index (χ0n) is 10.1. The van der Waals surface area contributed by atoms with Gasteiger partial charge in [-0.25, -0.2) is 4.79 Å². The Hall–Kier alpha value is -1.79. The summed E-state index contributed by atoms with van der Waals surface area (Å²) in [5, 5.41) is 5.87. The van der Waals surface area contributed by atoms with Gasteiger partial charge in [0.15, 0.2) is 0 Å². The summed E-state index contributed by atoms with van der Waals surface area (Å²) in [6, 6.07) is 6.34. The minimum atomic E-state index is -0.700. The number of halogens is 1. The van der Waals surface area contributed by atoms with Gasteiger partial charge in [-0.1, -0.05) is 17.7 Å². The number of carbonyl (C=O) groups is 2. The molecule has 0 spiro atoms. The number of nitrogens with two attached hydrogens (primary N) is 1. The second kappa shape index (κ2) is 5.46. The molecule has 7 heteroatoms. The number of urea groups is 1. The molecule has 0 radical (unpaired) electrons. The third-order valence-corrected chi connectivity index (χ3v) is 2.97. The highest BCUT2D eigenvalue weighted by Gasteiger charge is 2.41. The van der Waals surface area contributed by atoms with Gasteiger partial charge in [0.1, 0.15) is 0 Å². The van der Waals surface area contributed by atoms with Crippen molar-refractivity contribution in [3.63, 3.8) is 0 Å². The van der Waals surface area contributed by atoms with Crippen molar-refractivity contribution >= 4 is 29.2 Å². The van der Waals surface area contributed by atoms with E-state index in [1.54, 1.807) is 24.3 Å². The molecule has 1 fully saturated rings. The number of benzene rings is 1. The van der Waals surface area contributed by atoms with Crippen LogP contribution in [0.15, 0.2) is 24.3 Å². The van der Waals surface area contributed by atoms with Crippen LogP contribution in [0.4, 0.5) is 10.5 Å². The largest absolute Gasteiger partial charge is 0.376 e. The molecule has 19 heavy (non-hydrogen) atoms. The molecule has 1 aromatic rings. The van der Waals surface area contributed by atoms with Gasteiger partial charge >= 0.3 is 6.03 Å². The van der Waals surface area contributed by atoms with Crippen LogP contribution in [0.25, 0.3) is 0 Å². The lowest BCUT2D eigenvalue weighted by Gasteiger charge is -2.41. The van der Waals surface area contributed by atoms with E-state index in [1.807, 2.05) is 0 Å². The summed E-state index contributed by atoms with van der Waals surface area (Å²) in [6.07, 6.45) is 0.0516. The highest BCUT2D eigenvalue weighted by Crippen LogP contribution is 2.21. The topological polar surface area (TPSA) is 93.5 Å². The molecule has 1 aliphatic rings. The average Bonchev–Trinajstić information content (AvgIpc) is 2.25. The number of hydrogen-bond acceptors (Lipinski definition) is 3. The van der Waals surface area contributed by atoms with Crippen LogP contribution in [0.2, 0.25) is 5.02 Å². The van der Waals surface area contributed by atoms with Crippen molar-refractivity contribution in [1.82, 2.24) is 5.32 Å². The molecule has 0 aromatic heterocycles. The van der Waals surface area contributed by atoms with Gasteiger partial charge in [-0.3, -0.25) is 4.79 Å². The second-order valence-electron chi connectivity index (χ2n) is 4.51. The molecule has 0 aliphatic carbocycles. The molecular formula is C12H14ClN3O3. The number of ether oxygens (including phenoxy) is 1. The second-order valence-corrected chi connectivity index (χ2v) is 4.94. The standard InChI is InChI=1S/C12H14ClN3O3/c13-8-2-1-3-9(4-8)15-11(18)16-12(5-10(14)17)6-19-7-12/h1-4H,5-7H2,(H2,14,17)(H2,15,16,18). The zero-order chi connectivity index (χ0) is 13.9. The van der Waals surface area contributed by atoms with Crippen molar-refractivity contribution in [3.05, 3.63) is 29.3 Å². The van der Waals surface area contributed by atoms with Gasteiger partial charge in [0.25, 0.3) is 0 Å². The summed E-state index contributed by atoms with van der Waals surface area (Å²) in [4.78, 5) is 22.8. The van der Waals surface area contributed by atoms with Crippen LogP contribution in [0.1, 0.15) is 6.42 Å². The summed E-state index contributed by atoms with van der Waals surface area (Å²) in [5.41, 5.74) is 5.02. The van der Waals surface area contributed by atoms with E-state index >= 15 is 0 Å². The van der Waals surface area contributed by atoms with Gasteiger partial charge in [0, 0.05) is 10.7 Å². The van der Waals surface area contributed by atoms with Gasteiger partial charge in [-0.15, -0.1) is 0 Å². The maximum atomic E-state index is 11.8. The Morgan fingerprint density at radius 2 is 2.16 bits per heavy atom. The van der Waals surface area contributed by atoms with E-state index in [2.05, 4.69) is 10.6 Å². The maximum absolute atomic E-state index is 11.8. The summed E-state index contributed by atoms with van der Waals surface area (Å²) in [6.45, 7) is 0.553. The molecule has 4 N–H and O–H groups in total. The van der Waals surface area contributed by atoms with Gasteiger partial charge < -0.3 is 21.1 Å². The highest BCUT2D eigenvalue weighted by molar-refractivity contribution is 6.30. The molecule has 0 atom stereocenters. The summed E-state index contributed by atoms with van der Waals surface area (Å²) in [7, 11) is 0. The van der Waals surface area contributed by atoms with E-state index in [4.69, 9.17) is 22.1 Å². The number of hydrogen-bond donors (Lipinski definition) is 3. The number of anilines is 1. The molecule has 1 aliphatic heterocycles. The van der Waals surface area contributed by atoms with E-state index < -0.39 is 17.5 Å². The van der Waals surface area contributed by atoms with Crippen molar-refractivity contribution in [3.8, 4) is 0 Å². The first-order valence-electron chi connectivity index (χ1n) is 5.70. The number of nitrogens with one attached hydrogen (secondary N) is 2. The first kappa shape index (κ1) is 13.6. The molecule has 6 nitrogen and oxygen atoms in total. The van der Waals surface area contributed by atoms with Crippen molar-refractivity contribution < 1.29 is 14.3 Å². The van der Waals surface area contributed by atoms with Gasteiger partial charge in [-0.05, 0) is 18.2 Å². The first-order chi connectivity index (χ1) is 8.99. The Labute approximate surface area is 115 Å². The van der Waals surface area contributed by atoms with Crippen LogP contribution < -0.4 is 16.4 Å². The summed E-state index contributed by atoms with van der Waals surface area (Å²) in [5.74, 6) is -0.480. The molecule has 0 unspecified atom stereocenters. The third kappa shape index (κ3) is 3.59. The van der Waals surface area contributed by atoms with Crippen LogP contribution in [0.3, 0.4) is 0 Å². The van der Waals surface area contributed by atoms with Crippen LogP contribution in [0, 0.1) is 0 Å². The van der Waals surface area contributed by atoms with Crippen molar-refractivity contribution in [2.45, 2.75) is 12.0 Å². The Morgan fingerprint density at radius 1 is 1.42 bits per heavy atom. The maximum Gasteiger partial charge on any atom is 0.319 e. The lowest BCUT2D eigenvalue weighted by atomic mass is 9.93. The Bertz CT molecular complexity index is 503. The fourth-order valence-corrected chi connectivity index (χ4v) is 2.06. The SMILES string of the molecule is NC(=O)CC1(NC(=O)Nc2cccc(Cl)c2)COC1. The highest BCUT2D eigenvalue weighted by atomic mass is 35.5. The smallest absolute Gasteiger partial charge is 0.319 e. The summed E-state index contributed by atoms with van der Waals surface area (Å²) < 4.78 is 5.04. The van der Waals surface area contributed by atoms with Crippen molar-refractivity contribution in [2.75, 3.05) is 18.5 Å². The van der Waals surface area contributed by atoms with E-state index in [1.165, 1.54) is 0 Å². The molecule has 2 rings (SSSR count). The quantitative estimate of drug-likeness (QED) is 0.772. The van der Waals surface area contributed by atoms with Crippen molar-refractivity contribution in [2.24, 2.45) is 5.73 Å². The summed E-state index contributed by atoms with van der Waals surface area (Å²) >= 11 is 5.82. The molecule has 0 saturated carbocycles. The molecule has 1 heterocycles. The molecule has 1 aromatic carbocycles. The molecule has 3 amide bonds. The predicted octanol–water partition coefficient (Wildman–Crippen LogP) is 1.11. The lowest BCUT2D eigenvalue weighted by Crippen LogP contribution is -2.64. The van der Waals surface area contributed by atoms with Gasteiger partial charge in [-0.2, -0.15) is 0 Å². The lowest BCUT2D eigenvalue weighted by molar-refractivity contribution is -0.127. The van der Waals surface area contributed by atoms with Gasteiger partial charge in [0.2, 0.25) is 5.91 Å². The molecule has 0 bridgehead atoms. The normalized spacial score (nSPS) is 16.3. The van der Waals surface area contributed by atoms with Crippen molar-refractivity contribution in [1.29, 1.82) is 0 Å².